The second kappa shape index (κ2) is 15.1. The van der Waals surface area contributed by atoms with Crippen LogP contribution in [0.15, 0.2) is 36.5 Å². The van der Waals surface area contributed by atoms with E-state index < -0.39 is 5.97 Å². The lowest BCUT2D eigenvalue weighted by Gasteiger charge is -2.03. The highest BCUT2D eigenvalue weighted by Gasteiger charge is 1.94. The number of aliphatic carboxylic acids is 1. The highest BCUT2D eigenvalue weighted by Crippen LogP contribution is 2.09. The highest BCUT2D eigenvalue weighted by molar-refractivity contribution is 5.66. The molecule has 1 unspecified atom stereocenters. The van der Waals surface area contributed by atoms with E-state index in [1.165, 1.54) is 19.3 Å². The van der Waals surface area contributed by atoms with Crippen molar-refractivity contribution in [2.75, 3.05) is 0 Å². The number of rotatable bonds is 13. The second-order valence-electron chi connectivity index (χ2n) is 5.60. The fourth-order valence-corrected chi connectivity index (χ4v) is 1.89. The van der Waals surface area contributed by atoms with Gasteiger partial charge in [-0.25, -0.2) is 0 Å². The molecule has 0 aliphatic heterocycles. The lowest BCUT2D eigenvalue weighted by Crippen LogP contribution is -1.92. The molecule has 0 fully saturated rings. The summed E-state index contributed by atoms with van der Waals surface area (Å²) < 4.78 is 0. The fourth-order valence-electron chi connectivity index (χ4n) is 1.89. The Morgan fingerprint density at radius 1 is 0.952 bits per heavy atom. The van der Waals surface area contributed by atoms with Crippen LogP contribution in [0.1, 0.15) is 71.6 Å². The van der Waals surface area contributed by atoms with Gasteiger partial charge in [-0.15, -0.1) is 0 Å². The van der Waals surface area contributed by atoms with E-state index in [4.69, 9.17) is 5.11 Å². The van der Waals surface area contributed by atoms with Gasteiger partial charge in [-0.2, -0.15) is 0 Å². The van der Waals surface area contributed by atoms with E-state index in [9.17, 15) is 4.79 Å². The molecule has 0 rings (SSSR count). The Morgan fingerprint density at radius 3 is 2.14 bits per heavy atom. The lowest BCUT2D eigenvalue weighted by molar-refractivity contribution is -0.137. The molecule has 0 amide bonds. The number of carboxylic acid groups (broad SMARTS) is 1. The topological polar surface area (TPSA) is 37.3 Å². The summed E-state index contributed by atoms with van der Waals surface area (Å²) in [5.41, 5.74) is 0. The Kier molecular flexibility index (Phi) is 14.1. The van der Waals surface area contributed by atoms with Crippen LogP contribution >= 0.6 is 0 Å². The third kappa shape index (κ3) is 16.6. The fraction of sp³-hybridized carbons (Fsp3) is 0.632. The van der Waals surface area contributed by atoms with Gasteiger partial charge in [0, 0.05) is 6.42 Å². The Morgan fingerprint density at radius 2 is 1.52 bits per heavy atom. The van der Waals surface area contributed by atoms with Gasteiger partial charge in [0.25, 0.3) is 0 Å². The van der Waals surface area contributed by atoms with E-state index >= 15 is 0 Å². The molecule has 1 atom stereocenters. The molecule has 0 bridgehead atoms. The minimum Gasteiger partial charge on any atom is -0.481 e. The summed E-state index contributed by atoms with van der Waals surface area (Å²) in [4.78, 5) is 10.3. The molecule has 0 saturated heterocycles. The predicted octanol–water partition coefficient (Wildman–Crippen LogP) is 5.91. The first-order chi connectivity index (χ1) is 10.2. The summed E-state index contributed by atoms with van der Waals surface area (Å²) in [6.07, 6.45) is 22.0. The molecule has 0 aliphatic carbocycles. The molecule has 0 aliphatic rings. The standard InChI is InChI=1S/C19H32O2/c1-3-18(2)16-14-12-10-8-6-4-5-7-9-11-13-15-17-19(20)21/h4,6,9-12,18H,3,5,7-8,13-17H2,1-2H3,(H,20,21). The van der Waals surface area contributed by atoms with Crippen LogP contribution in [0.25, 0.3) is 0 Å². The van der Waals surface area contributed by atoms with Crippen molar-refractivity contribution in [2.45, 2.75) is 71.6 Å². The lowest BCUT2D eigenvalue weighted by atomic mass is 10.0. The maximum atomic E-state index is 10.3. The second-order valence-corrected chi connectivity index (χ2v) is 5.60. The van der Waals surface area contributed by atoms with E-state index in [0.29, 0.717) is 0 Å². The molecule has 0 heterocycles. The van der Waals surface area contributed by atoms with Crippen molar-refractivity contribution >= 4 is 5.97 Å². The first kappa shape index (κ1) is 19.7. The van der Waals surface area contributed by atoms with Gasteiger partial charge >= 0.3 is 5.97 Å². The quantitative estimate of drug-likeness (QED) is 0.338. The molecular formula is C19H32O2. The molecule has 120 valence electrons. The van der Waals surface area contributed by atoms with Crippen molar-refractivity contribution < 1.29 is 9.90 Å². The first-order valence-corrected chi connectivity index (χ1v) is 8.33. The number of carbonyl (C=O) groups is 1. The van der Waals surface area contributed by atoms with Gasteiger partial charge in [0.05, 0.1) is 0 Å². The van der Waals surface area contributed by atoms with Gasteiger partial charge in [-0.3, -0.25) is 4.79 Å². The third-order valence-corrected chi connectivity index (χ3v) is 3.56. The Labute approximate surface area is 130 Å². The van der Waals surface area contributed by atoms with Crippen LogP contribution in [0.4, 0.5) is 0 Å². The molecule has 0 radical (unpaired) electrons. The average molecular weight is 292 g/mol. The Hall–Kier alpha value is -1.31. The van der Waals surface area contributed by atoms with Crippen LogP contribution in [0.3, 0.4) is 0 Å². The molecule has 2 nitrogen and oxygen atoms in total. The summed E-state index contributed by atoms with van der Waals surface area (Å²) in [7, 11) is 0. The first-order valence-electron chi connectivity index (χ1n) is 8.33. The highest BCUT2D eigenvalue weighted by atomic mass is 16.4. The molecule has 0 aromatic heterocycles. The van der Waals surface area contributed by atoms with Crippen molar-refractivity contribution in [2.24, 2.45) is 5.92 Å². The zero-order chi connectivity index (χ0) is 15.8. The summed E-state index contributed by atoms with van der Waals surface area (Å²) in [5.74, 6) is 0.135. The van der Waals surface area contributed by atoms with Gasteiger partial charge in [-0.05, 0) is 50.9 Å². The summed E-state index contributed by atoms with van der Waals surface area (Å²) >= 11 is 0. The number of hydrogen-bond acceptors (Lipinski definition) is 1. The van der Waals surface area contributed by atoms with Crippen LogP contribution in [0.5, 0.6) is 0 Å². The van der Waals surface area contributed by atoms with E-state index in [0.717, 1.165) is 38.0 Å². The van der Waals surface area contributed by atoms with Crippen molar-refractivity contribution in [3.8, 4) is 0 Å². The Balaban J connectivity index is 3.38. The monoisotopic (exact) mass is 292 g/mol. The average Bonchev–Trinajstić information content (AvgIpc) is 2.46. The molecule has 0 saturated carbocycles. The molecule has 1 N–H and O–H groups in total. The van der Waals surface area contributed by atoms with Gasteiger partial charge in [0.2, 0.25) is 0 Å². The minimum atomic E-state index is -0.705. The van der Waals surface area contributed by atoms with E-state index in [1.807, 2.05) is 0 Å². The van der Waals surface area contributed by atoms with E-state index in [-0.39, 0.29) is 6.42 Å². The van der Waals surface area contributed by atoms with Crippen molar-refractivity contribution in [3.05, 3.63) is 36.5 Å². The SMILES string of the molecule is CCC(C)CCC=CCC=CCCC=CCCCC(=O)O. The molecule has 2 heteroatoms. The predicted molar refractivity (Wildman–Crippen MR) is 91.4 cm³/mol. The molecular weight excluding hydrogens is 260 g/mol. The van der Waals surface area contributed by atoms with Crippen LogP contribution < -0.4 is 0 Å². The number of unbranched alkanes of at least 4 members (excludes halogenated alkanes) is 2. The number of hydrogen-bond donors (Lipinski definition) is 1. The van der Waals surface area contributed by atoms with E-state index in [1.54, 1.807) is 0 Å². The van der Waals surface area contributed by atoms with E-state index in [2.05, 4.69) is 50.3 Å². The van der Waals surface area contributed by atoms with Crippen molar-refractivity contribution in [3.63, 3.8) is 0 Å². The zero-order valence-electron chi connectivity index (χ0n) is 13.8. The largest absolute Gasteiger partial charge is 0.481 e. The molecule has 0 aromatic carbocycles. The molecule has 21 heavy (non-hydrogen) atoms. The minimum absolute atomic E-state index is 0.271. The van der Waals surface area contributed by atoms with Gasteiger partial charge in [0.15, 0.2) is 0 Å². The maximum absolute atomic E-state index is 10.3. The summed E-state index contributed by atoms with van der Waals surface area (Å²) in [5, 5.41) is 8.49. The zero-order valence-corrected chi connectivity index (χ0v) is 13.8. The smallest absolute Gasteiger partial charge is 0.303 e. The van der Waals surface area contributed by atoms with Crippen LogP contribution in [0, 0.1) is 5.92 Å². The summed E-state index contributed by atoms with van der Waals surface area (Å²) in [6, 6.07) is 0. The van der Waals surface area contributed by atoms with Gasteiger partial charge in [-0.1, -0.05) is 56.7 Å². The third-order valence-electron chi connectivity index (χ3n) is 3.56. The molecule has 0 aromatic rings. The van der Waals surface area contributed by atoms with Gasteiger partial charge < -0.3 is 5.11 Å². The van der Waals surface area contributed by atoms with Crippen LogP contribution in [-0.4, -0.2) is 11.1 Å². The van der Waals surface area contributed by atoms with Crippen LogP contribution in [0.2, 0.25) is 0 Å². The normalized spacial score (nSPS) is 13.6. The number of carboxylic acids is 1. The summed E-state index contributed by atoms with van der Waals surface area (Å²) in [6.45, 7) is 4.56. The Bertz CT molecular complexity index is 326. The maximum Gasteiger partial charge on any atom is 0.303 e. The van der Waals surface area contributed by atoms with Crippen molar-refractivity contribution in [1.29, 1.82) is 0 Å². The molecule has 0 spiro atoms. The van der Waals surface area contributed by atoms with Crippen LogP contribution in [-0.2, 0) is 4.79 Å². The van der Waals surface area contributed by atoms with Crippen molar-refractivity contribution in [1.82, 2.24) is 0 Å². The number of allylic oxidation sites excluding steroid dienone is 6. The van der Waals surface area contributed by atoms with Gasteiger partial charge in [0.1, 0.15) is 0 Å².